The van der Waals surface area contributed by atoms with Gasteiger partial charge in [-0.3, -0.25) is 0 Å². The van der Waals surface area contributed by atoms with Crippen molar-refractivity contribution in [3.8, 4) is 0 Å². The molecule has 2 heterocycles. The van der Waals surface area contributed by atoms with Gasteiger partial charge in [0.1, 0.15) is 6.61 Å². The molecule has 21 heavy (non-hydrogen) atoms. The van der Waals surface area contributed by atoms with Crippen molar-refractivity contribution in [2.75, 3.05) is 32.8 Å². The number of amides is 2. The first kappa shape index (κ1) is 16.0. The highest BCUT2D eigenvalue weighted by Gasteiger charge is 2.31. The zero-order valence-electron chi connectivity index (χ0n) is 12.7. The first-order chi connectivity index (χ1) is 9.95. The number of piperidine rings is 1. The Labute approximate surface area is 124 Å². The summed E-state index contributed by atoms with van der Waals surface area (Å²) in [5.41, 5.74) is 0. The number of likely N-dealkylation sites (tertiary alicyclic amines) is 1. The van der Waals surface area contributed by atoms with Gasteiger partial charge in [-0.2, -0.15) is 0 Å². The molecule has 0 aromatic carbocycles. The molecule has 1 N–H and O–H groups in total. The van der Waals surface area contributed by atoms with Gasteiger partial charge in [0.25, 0.3) is 0 Å². The first-order valence-electron chi connectivity index (χ1n) is 7.48. The molecule has 2 saturated heterocycles. The normalized spacial score (nSPS) is 27.7. The van der Waals surface area contributed by atoms with E-state index in [0.29, 0.717) is 39.0 Å². The lowest BCUT2D eigenvalue weighted by atomic mass is 10.1. The van der Waals surface area contributed by atoms with Crippen molar-refractivity contribution in [2.24, 2.45) is 0 Å². The fraction of sp³-hybridized carbons (Fsp3) is 0.857. The SMILES string of the molecule is C[C@@H]1CN(C(=O)N2CCC(OCC(=O)O)CC2)C[C@H](C)O1. The molecule has 2 atom stereocenters. The van der Waals surface area contributed by atoms with Crippen molar-refractivity contribution in [1.82, 2.24) is 9.80 Å². The molecular weight excluding hydrogens is 276 g/mol. The largest absolute Gasteiger partial charge is 0.480 e. The van der Waals surface area contributed by atoms with Crippen LogP contribution in [0.1, 0.15) is 26.7 Å². The van der Waals surface area contributed by atoms with Crippen molar-refractivity contribution in [3.05, 3.63) is 0 Å². The molecule has 7 heteroatoms. The van der Waals surface area contributed by atoms with Gasteiger partial charge in [0, 0.05) is 26.2 Å². The number of hydrogen-bond acceptors (Lipinski definition) is 4. The highest BCUT2D eigenvalue weighted by molar-refractivity contribution is 5.74. The molecule has 0 aromatic heterocycles. The summed E-state index contributed by atoms with van der Waals surface area (Å²) in [5.74, 6) is -0.954. The lowest BCUT2D eigenvalue weighted by Crippen LogP contribution is -2.54. The van der Waals surface area contributed by atoms with Crippen LogP contribution in [0.3, 0.4) is 0 Å². The Morgan fingerprint density at radius 1 is 1.14 bits per heavy atom. The third kappa shape index (κ3) is 4.57. The first-order valence-corrected chi connectivity index (χ1v) is 7.48. The second-order valence-electron chi connectivity index (χ2n) is 5.84. The highest BCUT2D eigenvalue weighted by atomic mass is 16.5. The Morgan fingerprint density at radius 2 is 1.71 bits per heavy atom. The van der Waals surface area contributed by atoms with Gasteiger partial charge in [-0.15, -0.1) is 0 Å². The average molecular weight is 300 g/mol. The monoisotopic (exact) mass is 300 g/mol. The van der Waals surface area contributed by atoms with Gasteiger partial charge in [0.2, 0.25) is 0 Å². The van der Waals surface area contributed by atoms with E-state index in [4.69, 9.17) is 14.6 Å². The van der Waals surface area contributed by atoms with Crippen molar-refractivity contribution in [2.45, 2.75) is 45.0 Å². The second-order valence-corrected chi connectivity index (χ2v) is 5.84. The van der Waals surface area contributed by atoms with E-state index >= 15 is 0 Å². The average Bonchev–Trinajstić information content (AvgIpc) is 2.44. The molecule has 0 radical (unpaired) electrons. The topological polar surface area (TPSA) is 79.3 Å². The molecule has 0 saturated carbocycles. The molecule has 2 aliphatic rings. The molecule has 0 aromatic rings. The predicted octanol–water partition coefficient (Wildman–Crippen LogP) is 0.781. The quantitative estimate of drug-likeness (QED) is 0.833. The Bertz CT molecular complexity index is 372. The van der Waals surface area contributed by atoms with Crippen LogP contribution >= 0.6 is 0 Å². The van der Waals surface area contributed by atoms with Crippen LogP contribution in [0.4, 0.5) is 4.79 Å². The minimum absolute atomic E-state index is 0.0497. The minimum atomic E-state index is -0.954. The van der Waals surface area contributed by atoms with Crippen molar-refractivity contribution in [3.63, 3.8) is 0 Å². The fourth-order valence-electron chi connectivity index (χ4n) is 2.94. The van der Waals surface area contributed by atoms with Crippen LogP contribution in [0.15, 0.2) is 0 Å². The highest BCUT2D eigenvalue weighted by Crippen LogP contribution is 2.18. The summed E-state index contributed by atoms with van der Waals surface area (Å²) in [6, 6.07) is 0.0497. The number of morpholine rings is 1. The molecule has 0 bridgehead atoms. The van der Waals surface area contributed by atoms with E-state index in [-0.39, 0.29) is 30.9 Å². The summed E-state index contributed by atoms with van der Waals surface area (Å²) >= 11 is 0. The smallest absolute Gasteiger partial charge is 0.329 e. The number of rotatable bonds is 3. The number of urea groups is 1. The standard InChI is InChI=1S/C14H24N2O5/c1-10-7-16(8-11(2)21-10)14(19)15-5-3-12(4-6-15)20-9-13(17)18/h10-12H,3-9H2,1-2H3,(H,17,18)/t10-,11+. The van der Waals surface area contributed by atoms with E-state index in [1.54, 1.807) is 0 Å². The number of nitrogens with zero attached hydrogens (tertiary/aromatic N) is 2. The van der Waals surface area contributed by atoms with Crippen molar-refractivity contribution in [1.29, 1.82) is 0 Å². The predicted molar refractivity (Wildman–Crippen MR) is 75.2 cm³/mol. The third-order valence-corrected chi connectivity index (χ3v) is 3.85. The Balaban J connectivity index is 1.78. The van der Waals surface area contributed by atoms with Crippen LogP contribution in [0.5, 0.6) is 0 Å². The number of carbonyl (C=O) groups excluding carboxylic acids is 1. The summed E-state index contributed by atoms with van der Waals surface area (Å²) in [4.78, 5) is 26.6. The molecule has 7 nitrogen and oxygen atoms in total. The van der Waals surface area contributed by atoms with Crippen molar-refractivity contribution >= 4 is 12.0 Å². The van der Waals surface area contributed by atoms with Gasteiger partial charge in [-0.1, -0.05) is 0 Å². The van der Waals surface area contributed by atoms with E-state index < -0.39 is 5.97 Å². The van der Waals surface area contributed by atoms with Crippen LogP contribution in [0.2, 0.25) is 0 Å². The Morgan fingerprint density at radius 3 is 2.24 bits per heavy atom. The van der Waals surface area contributed by atoms with Crippen LogP contribution in [-0.4, -0.2) is 78.0 Å². The number of hydrogen-bond donors (Lipinski definition) is 1. The molecule has 0 unspecified atom stereocenters. The molecule has 2 rings (SSSR count). The summed E-state index contributed by atoms with van der Waals surface area (Å²) < 4.78 is 10.9. The number of carboxylic acid groups (broad SMARTS) is 1. The molecule has 2 aliphatic heterocycles. The van der Waals surface area contributed by atoms with Crippen LogP contribution in [0.25, 0.3) is 0 Å². The minimum Gasteiger partial charge on any atom is -0.480 e. The number of carbonyl (C=O) groups is 2. The van der Waals surface area contributed by atoms with E-state index in [9.17, 15) is 9.59 Å². The van der Waals surface area contributed by atoms with Gasteiger partial charge in [0.05, 0.1) is 18.3 Å². The summed E-state index contributed by atoms with van der Waals surface area (Å²) in [5, 5.41) is 8.60. The number of ether oxygens (including phenoxy) is 2. The van der Waals surface area contributed by atoms with Gasteiger partial charge in [-0.25, -0.2) is 9.59 Å². The van der Waals surface area contributed by atoms with E-state index in [0.717, 1.165) is 0 Å². The van der Waals surface area contributed by atoms with E-state index in [1.165, 1.54) is 0 Å². The van der Waals surface area contributed by atoms with Gasteiger partial charge in [-0.05, 0) is 26.7 Å². The number of aliphatic carboxylic acids is 1. The summed E-state index contributed by atoms with van der Waals surface area (Å²) in [6.45, 7) is 6.16. The summed E-state index contributed by atoms with van der Waals surface area (Å²) in [6.07, 6.45) is 1.44. The van der Waals surface area contributed by atoms with Gasteiger partial charge in [0.15, 0.2) is 0 Å². The zero-order valence-corrected chi connectivity index (χ0v) is 12.7. The Hall–Kier alpha value is -1.34. The second kappa shape index (κ2) is 7.09. The van der Waals surface area contributed by atoms with Crippen LogP contribution in [-0.2, 0) is 14.3 Å². The third-order valence-electron chi connectivity index (χ3n) is 3.85. The van der Waals surface area contributed by atoms with Gasteiger partial charge < -0.3 is 24.4 Å². The van der Waals surface area contributed by atoms with Crippen LogP contribution < -0.4 is 0 Å². The van der Waals surface area contributed by atoms with Gasteiger partial charge >= 0.3 is 12.0 Å². The molecular formula is C14H24N2O5. The molecule has 2 amide bonds. The summed E-state index contributed by atoms with van der Waals surface area (Å²) in [7, 11) is 0. The van der Waals surface area contributed by atoms with Crippen LogP contribution in [0, 0.1) is 0 Å². The maximum atomic E-state index is 12.5. The maximum Gasteiger partial charge on any atom is 0.329 e. The zero-order chi connectivity index (χ0) is 15.4. The lowest BCUT2D eigenvalue weighted by molar-refractivity contribution is -0.145. The van der Waals surface area contributed by atoms with E-state index in [2.05, 4.69) is 0 Å². The molecule has 0 spiro atoms. The fourth-order valence-corrected chi connectivity index (χ4v) is 2.94. The van der Waals surface area contributed by atoms with E-state index in [1.807, 2.05) is 23.6 Å². The Kier molecular flexibility index (Phi) is 5.41. The maximum absolute atomic E-state index is 12.5. The molecule has 0 aliphatic carbocycles. The molecule has 2 fully saturated rings. The number of carboxylic acids is 1. The lowest BCUT2D eigenvalue weighted by Gasteiger charge is -2.40. The molecule has 120 valence electrons. The van der Waals surface area contributed by atoms with Crippen molar-refractivity contribution < 1.29 is 24.2 Å².